The molecule has 0 spiro atoms. The lowest BCUT2D eigenvalue weighted by Gasteiger charge is -2.21. The molecule has 21 heavy (non-hydrogen) atoms. The summed E-state index contributed by atoms with van der Waals surface area (Å²) in [4.78, 5) is 12.4. The van der Waals surface area contributed by atoms with Crippen molar-refractivity contribution in [1.29, 1.82) is 0 Å². The number of halogens is 5. The van der Waals surface area contributed by atoms with Crippen LogP contribution in [-0.4, -0.2) is 26.1 Å². The molecule has 0 N–H and O–H groups in total. The Labute approximate surface area is 121 Å². The average Bonchev–Trinajstić information content (AvgIpc) is 2.70. The van der Waals surface area contributed by atoms with Crippen LogP contribution >= 0.6 is 10.7 Å². The standard InChI is InChI=1S/C11H8ClF4NO3S/c12-21(19,20)7-4-10(18)17(5-7)9-2-1-6(13)3-8(9)11(14,15)16/h1-3,7H,4-5H2. The zero-order valence-corrected chi connectivity index (χ0v) is 11.8. The normalized spacial score (nSPS) is 20.1. The number of carbonyl (C=O) groups is 1. The molecule has 0 saturated carbocycles. The van der Waals surface area contributed by atoms with Crippen LogP contribution in [0.25, 0.3) is 0 Å². The summed E-state index contributed by atoms with van der Waals surface area (Å²) in [5, 5.41) is -1.29. The van der Waals surface area contributed by atoms with E-state index >= 15 is 0 Å². The first-order chi connectivity index (χ1) is 9.50. The van der Waals surface area contributed by atoms with Gasteiger partial charge in [-0.2, -0.15) is 13.2 Å². The van der Waals surface area contributed by atoms with Crippen molar-refractivity contribution in [2.75, 3.05) is 11.4 Å². The van der Waals surface area contributed by atoms with Crippen LogP contribution in [0.1, 0.15) is 12.0 Å². The van der Waals surface area contributed by atoms with Crippen molar-refractivity contribution < 1.29 is 30.8 Å². The van der Waals surface area contributed by atoms with Gasteiger partial charge in [-0.1, -0.05) is 0 Å². The lowest BCUT2D eigenvalue weighted by Crippen LogP contribution is -2.29. The summed E-state index contributed by atoms with van der Waals surface area (Å²) >= 11 is 0. The molecule has 116 valence electrons. The first kappa shape index (κ1) is 16.0. The largest absolute Gasteiger partial charge is 0.418 e. The topological polar surface area (TPSA) is 54.5 Å². The van der Waals surface area contributed by atoms with Crippen molar-refractivity contribution in [2.45, 2.75) is 17.8 Å². The van der Waals surface area contributed by atoms with Gasteiger partial charge >= 0.3 is 6.18 Å². The number of hydrogen-bond donors (Lipinski definition) is 0. The molecule has 1 aromatic rings. The van der Waals surface area contributed by atoms with Gasteiger partial charge in [0, 0.05) is 23.6 Å². The smallest absolute Gasteiger partial charge is 0.310 e. The molecule has 1 aliphatic rings. The maximum absolute atomic E-state index is 13.0. The van der Waals surface area contributed by atoms with Crippen LogP contribution in [0.3, 0.4) is 0 Å². The molecule has 1 atom stereocenters. The van der Waals surface area contributed by atoms with Crippen molar-refractivity contribution in [1.82, 2.24) is 0 Å². The molecule has 1 heterocycles. The summed E-state index contributed by atoms with van der Waals surface area (Å²) in [6.07, 6.45) is -5.39. The second-order valence-electron chi connectivity index (χ2n) is 4.47. The third kappa shape index (κ3) is 3.29. The number of amides is 1. The minimum absolute atomic E-state index is 0.255. The van der Waals surface area contributed by atoms with Crippen LogP contribution in [0, 0.1) is 5.82 Å². The molecule has 1 fully saturated rings. The first-order valence-electron chi connectivity index (χ1n) is 5.60. The molecule has 1 aromatic carbocycles. The maximum atomic E-state index is 13.0. The zero-order chi connectivity index (χ0) is 16.0. The number of benzene rings is 1. The Balaban J connectivity index is 2.46. The minimum atomic E-state index is -4.88. The number of anilines is 1. The highest BCUT2D eigenvalue weighted by Crippen LogP contribution is 2.39. The van der Waals surface area contributed by atoms with Crippen LogP contribution in [0.4, 0.5) is 23.2 Å². The SMILES string of the molecule is O=C1CC(S(=O)(=O)Cl)CN1c1ccc(F)cc1C(F)(F)F. The molecule has 1 aliphatic heterocycles. The van der Waals surface area contributed by atoms with E-state index in [9.17, 15) is 30.8 Å². The molecular weight excluding hydrogens is 338 g/mol. The van der Waals surface area contributed by atoms with Crippen molar-refractivity contribution in [3.8, 4) is 0 Å². The number of alkyl halides is 3. The van der Waals surface area contributed by atoms with E-state index < -0.39 is 56.4 Å². The monoisotopic (exact) mass is 345 g/mol. The van der Waals surface area contributed by atoms with Gasteiger partial charge in [0.05, 0.1) is 11.3 Å². The highest BCUT2D eigenvalue weighted by Gasteiger charge is 2.42. The Hall–Kier alpha value is -1.35. The van der Waals surface area contributed by atoms with Crippen molar-refractivity contribution in [2.24, 2.45) is 0 Å². The highest BCUT2D eigenvalue weighted by molar-refractivity contribution is 8.14. The van der Waals surface area contributed by atoms with E-state index in [0.717, 1.165) is 12.1 Å². The summed E-state index contributed by atoms with van der Waals surface area (Å²) in [5.41, 5.74) is -1.93. The average molecular weight is 346 g/mol. The molecule has 1 unspecified atom stereocenters. The Morgan fingerprint density at radius 3 is 2.38 bits per heavy atom. The van der Waals surface area contributed by atoms with Gasteiger partial charge in [0.1, 0.15) is 11.1 Å². The zero-order valence-electron chi connectivity index (χ0n) is 10.2. The van der Waals surface area contributed by atoms with Crippen LogP contribution in [-0.2, 0) is 20.0 Å². The summed E-state index contributed by atoms with van der Waals surface area (Å²) in [6.45, 7) is -0.501. The highest BCUT2D eigenvalue weighted by atomic mass is 35.7. The van der Waals surface area contributed by atoms with Gasteiger partial charge in [0.15, 0.2) is 0 Å². The summed E-state index contributed by atoms with van der Waals surface area (Å²) in [6, 6.07) is 1.81. The predicted molar refractivity (Wildman–Crippen MR) is 66.9 cm³/mol. The lowest BCUT2D eigenvalue weighted by molar-refractivity contribution is -0.137. The van der Waals surface area contributed by atoms with Gasteiger partial charge < -0.3 is 4.90 Å². The van der Waals surface area contributed by atoms with Gasteiger partial charge in [0.25, 0.3) is 0 Å². The molecule has 1 saturated heterocycles. The van der Waals surface area contributed by atoms with Crippen LogP contribution in [0.5, 0.6) is 0 Å². The predicted octanol–water partition coefficient (Wildman–Crippen LogP) is 2.52. The molecular formula is C11H8ClF4NO3S. The number of rotatable bonds is 2. The van der Waals surface area contributed by atoms with Crippen molar-refractivity contribution in [3.05, 3.63) is 29.6 Å². The Morgan fingerprint density at radius 1 is 1.29 bits per heavy atom. The fraction of sp³-hybridized carbons (Fsp3) is 0.364. The van der Waals surface area contributed by atoms with E-state index in [1.165, 1.54) is 0 Å². The fourth-order valence-corrected chi connectivity index (χ4v) is 3.09. The van der Waals surface area contributed by atoms with E-state index in [1.807, 2.05) is 0 Å². The third-order valence-electron chi connectivity index (χ3n) is 3.04. The maximum Gasteiger partial charge on any atom is 0.418 e. The summed E-state index contributed by atoms with van der Waals surface area (Å²) in [7, 11) is 1.05. The van der Waals surface area contributed by atoms with Gasteiger partial charge in [-0.3, -0.25) is 4.79 Å². The van der Waals surface area contributed by atoms with Crippen molar-refractivity contribution >= 4 is 31.3 Å². The van der Waals surface area contributed by atoms with Crippen molar-refractivity contribution in [3.63, 3.8) is 0 Å². The first-order valence-corrected chi connectivity index (χ1v) is 7.98. The number of hydrogen-bond acceptors (Lipinski definition) is 3. The fourth-order valence-electron chi connectivity index (χ4n) is 2.07. The lowest BCUT2D eigenvalue weighted by atomic mass is 10.1. The molecule has 1 amide bonds. The number of carbonyl (C=O) groups excluding carboxylic acids is 1. The molecule has 10 heteroatoms. The molecule has 4 nitrogen and oxygen atoms in total. The summed E-state index contributed by atoms with van der Waals surface area (Å²) < 4.78 is 74.1. The molecule has 0 bridgehead atoms. The van der Waals surface area contributed by atoms with Gasteiger partial charge in [-0.25, -0.2) is 12.8 Å². The molecule has 0 radical (unpaired) electrons. The second kappa shape index (κ2) is 5.13. The van der Waals surface area contributed by atoms with Gasteiger partial charge in [-0.15, -0.1) is 0 Å². The second-order valence-corrected chi connectivity index (χ2v) is 7.37. The van der Waals surface area contributed by atoms with E-state index in [4.69, 9.17) is 10.7 Å². The van der Waals surface area contributed by atoms with Crippen LogP contribution in [0.15, 0.2) is 18.2 Å². The number of nitrogens with zero attached hydrogens (tertiary/aromatic N) is 1. The quantitative estimate of drug-likeness (QED) is 0.611. The molecule has 2 rings (SSSR count). The van der Waals surface area contributed by atoms with E-state index in [-0.39, 0.29) is 6.07 Å². The third-order valence-corrected chi connectivity index (χ3v) is 4.91. The van der Waals surface area contributed by atoms with E-state index in [2.05, 4.69) is 0 Å². The Kier molecular flexibility index (Phi) is 3.92. The molecule has 0 aliphatic carbocycles. The van der Waals surface area contributed by atoms with Gasteiger partial charge in [-0.05, 0) is 18.2 Å². The Morgan fingerprint density at radius 2 is 1.90 bits per heavy atom. The van der Waals surface area contributed by atoms with E-state index in [0.29, 0.717) is 4.90 Å². The minimum Gasteiger partial charge on any atom is -0.310 e. The van der Waals surface area contributed by atoms with Crippen LogP contribution in [0.2, 0.25) is 0 Å². The molecule has 0 aromatic heterocycles. The summed E-state index contributed by atoms with van der Waals surface area (Å²) in [5.74, 6) is -1.93. The van der Waals surface area contributed by atoms with E-state index in [1.54, 1.807) is 0 Å². The van der Waals surface area contributed by atoms with Gasteiger partial charge in [0.2, 0.25) is 15.0 Å². The Bertz CT molecular complexity index is 689. The van der Waals surface area contributed by atoms with Crippen LogP contribution < -0.4 is 4.90 Å².